The monoisotopic (exact) mass is 626 g/mol. The van der Waals surface area contributed by atoms with Crippen molar-refractivity contribution in [3.63, 3.8) is 0 Å². The number of hydrogen-bond donors (Lipinski definition) is 11. The Bertz CT molecular complexity index is 1570. The van der Waals surface area contributed by atoms with Crippen LogP contribution < -0.4 is 10.2 Å². The fourth-order valence-corrected chi connectivity index (χ4v) is 4.91. The van der Waals surface area contributed by atoms with E-state index in [0.717, 1.165) is 24.3 Å². The minimum absolute atomic E-state index is 0.265. The quantitative estimate of drug-likeness (QED) is 0.132. The molecule has 1 aromatic heterocycles. The van der Waals surface area contributed by atoms with Crippen molar-refractivity contribution >= 4 is 11.0 Å². The summed E-state index contributed by atoms with van der Waals surface area (Å²) in [6.07, 6.45) is -16.5. The number of ether oxygens (including phenoxy) is 4. The Kier molecular flexibility index (Phi) is 8.51. The third kappa shape index (κ3) is 5.56. The fourth-order valence-electron chi connectivity index (χ4n) is 4.91. The van der Waals surface area contributed by atoms with Crippen LogP contribution in [0.15, 0.2) is 33.5 Å². The van der Waals surface area contributed by atoms with Gasteiger partial charge in [0.15, 0.2) is 29.3 Å². The number of aromatic hydroxyl groups is 5. The number of phenolic OH excluding ortho intramolecular Hbond substituents is 5. The van der Waals surface area contributed by atoms with Gasteiger partial charge in [-0.25, -0.2) is 0 Å². The Balaban J connectivity index is 1.50. The zero-order chi connectivity index (χ0) is 32.2. The molecule has 0 amide bonds. The zero-order valence-electron chi connectivity index (χ0n) is 22.7. The molecule has 5 rings (SSSR count). The van der Waals surface area contributed by atoms with Crippen molar-refractivity contribution in [3.05, 3.63) is 34.5 Å². The molecule has 2 aromatic carbocycles. The van der Waals surface area contributed by atoms with Gasteiger partial charge in [-0.15, -0.1) is 0 Å². The van der Waals surface area contributed by atoms with Crippen molar-refractivity contribution in [1.82, 2.24) is 0 Å². The van der Waals surface area contributed by atoms with Crippen LogP contribution >= 0.6 is 0 Å². The molecule has 3 aromatic rings. The number of benzene rings is 2. The standard InChI is InChI=1S/C27H30O17/c1-7-16(32)20(36)22(38)26(41-7)40-6-14-18(34)21(37)23(39)27(43-14)44-25-19(35)15-10(29)4-9(28)5-13(15)42-24(25)8-2-11(30)17(33)12(31)3-8/h2-5,7,14,16,18,20-23,26-34,36-39H,6H2,1H3/t7-,14-,16-,18-,20-,21+,22+,23-,26+,27-/m0/s1. The first-order valence-corrected chi connectivity index (χ1v) is 13.1. The molecule has 10 atom stereocenters. The lowest BCUT2D eigenvalue weighted by atomic mass is 9.98. The van der Waals surface area contributed by atoms with Crippen molar-refractivity contribution < 1.29 is 79.5 Å². The predicted molar refractivity (Wildman–Crippen MR) is 142 cm³/mol. The molecule has 2 fully saturated rings. The molecule has 2 aliphatic heterocycles. The van der Waals surface area contributed by atoms with E-state index in [0.29, 0.717) is 0 Å². The maximum Gasteiger partial charge on any atom is 0.239 e. The van der Waals surface area contributed by atoms with Crippen LogP contribution in [-0.2, 0) is 14.2 Å². The largest absolute Gasteiger partial charge is 0.508 e. The molecule has 3 heterocycles. The lowest BCUT2D eigenvalue weighted by Gasteiger charge is -2.42. The molecule has 17 heteroatoms. The Morgan fingerprint density at radius 3 is 2.00 bits per heavy atom. The highest BCUT2D eigenvalue weighted by Gasteiger charge is 2.48. The third-order valence-electron chi connectivity index (χ3n) is 7.39. The van der Waals surface area contributed by atoms with Crippen LogP contribution in [0.3, 0.4) is 0 Å². The lowest BCUT2D eigenvalue weighted by molar-refractivity contribution is -0.318. The fraction of sp³-hybridized carbons (Fsp3) is 0.444. The van der Waals surface area contributed by atoms with E-state index in [4.69, 9.17) is 23.4 Å². The van der Waals surface area contributed by atoms with Crippen molar-refractivity contribution in [2.75, 3.05) is 6.61 Å². The van der Waals surface area contributed by atoms with E-state index in [1.54, 1.807) is 0 Å². The second-order valence-corrected chi connectivity index (χ2v) is 10.4. The van der Waals surface area contributed by atoms with Crippen molar-refractivity contribution in [2.45, 2.75) is 68.3 Å². The molecule has 2 aliphatic rings. The van der Waals surface area contributed by atoms with Gasteiger partial charge >= 0.3 is 0 Å². The van der Waals surface area contributed by atoms with E-state index in [9.17, 15) is 61.0 Å². The van der Waals surface area contributed by atoms with Crippen LogP contribution in [0.1, 0.15) is 6.92 Å². The molecule has 0 bridgehead atoms. The summed E-state index contributed by atoms with van der Waals surface area (Å²) in [4.78, 5) is 13.6. The van der Waals surface area contributed by atoms with Crippen LogP contribution in [0.4, 0.5) is 0 Å². The summed E-state index contributed by atoms with van der Waals surface area (Å²) in [6.45, 7) is 0.770. The number of aliphatic hydroxyl groups is 6. The third-order valence-corrected chi connectivity index (χ3v) is 7.39. The number of hydrogen-bond acceptors (Lipinski definition) is 17. The summed E-state index contributed by atoms with van der Waals surface area (Å²) in [5.74, 6) is -5.16. The second kappa shape index (κ2) is 11.9. The molecule has 0 spiro atoms. The van der Waals surface area contributed by atoms with Gasteiger partial charge in [-0.3, -0.25) is 4.79 Å². The second-order valence-electron chi connectivity index (χ2n) is 10.4. The van der Waals surface area contributed by atoms with Gasteiger partial charge in [-0.1, -0.05) is 0 Å². The molecule has 0 aliphatic carbocycles. The van der Waals surface area contributed by atoms with Gasteiger partial charge in [0.1, 0.15) is 65.2 Å². The Labute approximate surface area is 246 Å². The number of phenols is 5. The molecule has 11 N–H and O–H groups in total. The van der Waals surface area contributed by atoms with Crippen LogP contribution in [-0.4, -0.2) is 124 Å². The minimum atomic E-state index is -2.02. The highest BCUT2D eigenvalue weighted by atomic mass is 16.7. The molecule has 0 radical (unpaired) electrons. The first-order valence-electron chi connectivity index (χ1n) is 13.1. The number of rotatable bonds is 6. The predicted octanol–water partition coefficient (Wildman–Crippen LogP) is -1.98. The molecule has 240 valence electrons. The lowest BCUT2D eigenvalue weighted by Crippen LogP contribution is -2.61. The van der Waals surface area contributed by atoms with Crippen molar-refractivity contribution in [1.29, 1.82) is 0 Å². The molecular formula is C27H30O17. The van der Waals surface area contributed by atoms with Gasteiger partial charge in [-0.05, 0) is 19.1 Å². The van der Waals surface area contributed by atoms with E-state index in [2.05, 4.69) is 0 Å². The summed E-state index contributed by atoms with van der Waals surface area (Å²) >= 11 is 0. The van der Waals surface area contributed by atoms with Gasteiger partial charge in [0, 0.05) is 17.7 Å². The number of fused-ring (bicyclic) bond motifs is 1. The van der Waals surface area contributed by atoms with Gasteiger partial charge in [0.2, 0.25) is 17.5 Å². The normalized spacial score (nSPS) is 32.5. The van der Waals surface area contributed by atoms with Crippen molar-refractivity contribution in [2.24, 2.45) is 0 Å². The summed E-state index contributed by atoms with van der Waals surface area (Å²) in [5.41, 5.74) is -1.74. The molecule has 17 nitrogen and oxygen atoms in total. The minimum Gasteiger partial charge on any atom is -0.508 e. The van der Waals surface area contributed by atoms with Crippen LogP contribution in [0.25, 0.3) is 22.3 Å². The Morgan fingerprint density at radius 1 is 0.727 bits per heavy atom. The summed E-state index contributed by atoms with van der Waals surface area (Å²) in [6, 6.07) is 3.56. The smallest absolute Gasteiger partial charge is 0.239 e. The van der Waals surface area contributed by atoms with E-state index >= 15 is 0 Å². The molecule has 2 saturated heterocycles. The van der Waals surface area contributed by atoms with Gasteiger partial charge in [0.05, 0.1) is 12.7 Å². The molecular weight excluding hydrogens is 596 g/mol. The highest BCUT2D eigenvalue weighted by molar-refractivity contribution is 5.88. The SMILES string of the molecule is C[C@@H]1O[C@@H](OC[C@@H]2O[C@@H](Oc3c(-c4cc(O)c(O)c(O)c4)oc4cc(O)cc(O)c4c3=O)[C@@H](O)[C@H](O)[C@H]2O)[C@H](O)[C@@H](O)[C@H]1O. The van der Waals surface area contributed by atoms with Gasteiger partial charge in [-0.2, -0.15) is 0 Å². The number of aliphatic hydroxyl groups excluding tert-OH is 6. The first-order chi connectivity index (χ1) is 20.7. The van der Waals surface area contributed by atoms with E-state index in [1.165, 1.54) is 6.92 Å². The Hall–Kier alpha value is -3.91. The maximum atomic E-state index is 13.6. The zero-order valence-corrected chi connectivity index (χ0v) is 22.7. The molecule has 44 heavy (non-hydrogen) atoms. The van der Waals surface area contributed by atoms with Gasteiger partial charge in [0.25, 0.3) is 0 Å². The Morgan fingerprint density at radius 2 is 1.34 bits per heavy atom. The van der Waals surface area contributed by atoms with Crippen LogP contribution in [0, 0.1) is 0 Å². The van der Waals surface area contributed by atoms with E-state index < -0.39 is 119 Å². The first kappa shape index (κ1) is 31.5. The summed E-state index contributed by atoms with van der Waals surface area (Å²) in [5, 5.41) is 111. The van der Waals surface area contributed by atoms with Crippen LogP contribution in [0.5, 0.6) is 34.5 Å². The van der Waals surface area contributed by atoms with Crippen LogP contribution in [0.2, 0.25) is 0 Å². The van der Waals surface area contributed by atoms with E-state index in [1.807, 2.05) is 0 Å². The maximum absolute atomic E-state index is 13.6. The van der Waals surface area contributed by atoms with Crippen molar-refractivity contribution in [3.8, 4) is 45.8 Å². The summed E-state index contributed by atoms with van der Waals surface area (Å²) < 4.78 is 27.7. The highest BCUT2D eigenvalue weighted by Crippen LogP contribution is 2.43. The topological polar surface area (TPSA) is 290 Å². The summed E-state index contributed by atoms with van der Waals surface area (Å²) in [7, 11) is 0. The molecule has 0 unspecified atom stereocenters. The van der Waals surface area contributed by atoms with E-state index in [-0.39, 0.29) is 11.1 Å². The molecule has 0 saturated carbocycles. The average Bonchev–Trinajstić information content (AvgIpc) is 2.97. The average molecular weight is 627 g/mol. The van der Waals surface area contributed by atoms with Gasteiger partial charge < -0.3 is 79.5 Å².